The van der Waals surface area contributed by atoms with Gasteiger partial charge >= 0.3 is 0 Å². The Bertz CT molecular complexity index is 1010. The molecule has 5 rings (SSSR count). The Hall–Kier alpha value is -2.80. The average Bonchev–Trinajstić information content (AvgIpc) is 3.39. The van der Waals surface area contributed by atoms with Gasteiger partial charge in [0.1, 0.15) is 17.5 Å². The number of nitrogens with one attached hydrogen (secondary N) is 1. The Morgan fingerprint density at radius 2 is 1.61 bits per heavy atom. The van der Waals surface area contributed by atoms with Crippen LogP contribution in [0.2, 0.25) is 0 Å². The number of hydrogen-bond donors (Lipinski definition) is 2. The number of nitrogens with zero attached hydrogens (tertiary/aromatic N) is 1. The number of carbonyl (C=O) groups excluding carboxylic acids is 1. The minimum Gasteiger partial charge on any atom is -0.400 e. The highest BCUT2D eigenvalue weighted by Gasteiger charge is 2.27. The lowest BCUT2D eigenvalue weighted by atomic mass is 9.78. The van der Waals surface area contributed by atoms with Gasteiger partial charge in [0.2, 0.25) is 6.41 Å². The zero-order valence-electron chi connectivity index (χ0n) is 17.5. The number of likely N-dealkylation sites (tertiary alicyclic amines) is 1. The van der Waals surface area contributed by atoms with Crippen LogP contribution >= 0.6 is 0 Å². The van der Waals surface area contributed by atoms with Gasteiger partial charge in [-0.3, -0.25) is 4.79 Å². The molecule has 2 aliphatic rings. The molecule has 2 heterocycles. The predicted octanol–water partition coefficient (Wildman–Crippen LogP) is 5.37. The molecule has 1 aliphatic carbocycles. The van der Waals surface area contributed by atoms with Gasteiger partial charge < -0.3 is 15.0 Å². The number of rotatable bonds is 3. The first-order valence-electron chi connectivity index (χ1n) is 10.5. The van der Waals surface area contributed by atoms with E-state index in [9.17, 15) is 18.0 Å². The van der Waals surface area contributed by atoms with Gasteiger partial charge in [-0.2, -0.15) is 0 Å². The lowest BCUT2D eigenvalue weighted by Crippen LogP contribution is -2.15. The van der Waals surface area contributed by atoms with Crippen LogP contribution < -0.4 is 0 Å². The van der Waals surface area contributed by atoms with E-state index in [1.54, 1.807) is 17.0 Å². The van der Waals surface area contributed by atoms with Crippen LogP contribution in [0, 0.1) is 17.5 Å². The smallest absolute Gasteiger partial charge is 0.209 e. The summed E-state index contributed by atoms with van der Waals surface area (Å²) in [6.07, 6.45) is 6.46. The Morgan fingerprint density at radius 1 is 0.968 bits per heavy atom. The number of benzene rings is 2. The van der Waals surface area contributed by atoms with Crippen molar-refractivity contribution in [2.45, 2.75) is 38.0 Å². The van der Waals surface area contributed by atoms with Gasteiger partial charge in [-0.15, -0.1) is 0 Å². The molecule has 1 aromatic heterocycles. The number of fused-ring (bicyclic) bond motifs is 1. The normalized spacial score (nSPS) is 15.6. The summed E-state index contributed by atoms with van der Waals surface area (Å²) in [5, 5.41) is 7.60. The maximum atomic E-state index is 14.1. The third kappa shape index (κ3) is 5.10. The molecule has 3 aromatic rings. The molecule has 1 saturated carbocycles. The first-order chi connectivity index (χ1) is 15.1. The van der Waals surface area contributed by atoms with E-state index in [0.717, 1.165) is 68.8 Å². The molecule has 31 heavy (non-hydrogen) atoms. The fourth-order valence-corrected chi connectivity index (χ4v) is 4.05. The number of aromatic nitrogens is 1. The van der Waals surface area contributed by atoms with Gasteiger partial charge in [0.05, 0.1) is 11.2 Å². The average molecular weight is 432 g/mol. The Morgan fingerprint density at radius 3 is 2.13 bits per heavy atom. The summed E-state index contributed by atoms with van der Waals surface area (Å²) in [7, 11) is 1.00. The molecule has 0 unspecified atom stereocenters. The van der Waals surface area contributed by atoms with Crippen LogP contribution in [0.25, 0.3) is 22.2 Å². The van der Waals surface area contributed by atoms with E-state index in [2.05, 4.69) is 4.98 Å². The van der Waals surface area contributed by atoms with E-state index < -0.39 is 11.6 Å². The highest BCUT2D eigenvalue weighted by molar-refractivity contribution is 5.92. The molecule has 4 nitrogen and oxygen atoms in total. The fraction of sp³-hybridized carbons (Fsp3) is 0.375. The molecular weight excluding hydrogens is 405 g/mol. The van der Waals surface area contributed by atoms with Crippen molar-refractivity contribution in [1.82, 2.24) is 9.88 Å². The van der Waals surface area contributed by atoms with Gasteiger partial charge in [-0.25, -0.2) is 13.2 Å². The van der Waals surface area contributed by atoms with Crippen LogP contribution in [0.3, 0.4) is 0 Å². The molecule has 0 atom stereocenters. The maximum Gasteiger partial charge on any atom is 0.209 e. The molecule has 166 valence electrons. The zero-order valence-corrected chi connectivity index (χ0v) is 17.5. The van der Waals surface area contributed by atoms with Crippen molar-refractivity contribution in [3.8, 4) is 11.3 Å². The van der Waals surface area contributed by atoms with Crippen molar-refractivity contribution >= 4 is 17.3 Å². The van der Waals surface area contributed by atoms with Gasteiger partial charge in [0, 0.05) is 31.7 Å². The van der Waals surface area contributed by atoms with Crippen molar-refractivity contribution in [1.29, 1.82) is 0 Å². The van der Waals surface area contributed by atoms with Crippen LogP contribution in [0.5, 0.6) is 0 Å². The molecule has 2 N–H and O–H groups in total. The highest BCUT2D eigenvalue weighted by Crippen LogP contribution is 2.45. The van der Waals surface area contributed by atoms with Gasteiger partial charge in [0.15, 0.2) is 0 Å². The zero-order chi connectivity index (χ0) is 22.4. The van der Waals surface area contributed by atoms with Crippen LogP contribution in [-0.4, -0.2) is 41.6 Å². The van der Waals surface area contributed by atoms with Crippen LogP contribution in [0.15, 0.2) is 36.4 Å². The summed E-state index contributed by atoms with van der Waals surface area (Å²) in [6.45, 7) is 1.95. The van der Waals surface area contributed by atoms with Gasteiger partial charge in [-0.05, 0) is 73.1 Å². The molecule has 2 aromatic carbocycles. The number of halogens is 3. The topological polar surface area (TPSA) is 56.3 Å². The molecule has 0 radical (unpaired) electrons. The number of H-pyrrole nitrogens is 1. The molecule has 2 fully saturated rings. The largest absolute Gasteiger partial charge is 0.400 e. The number of amides is 1. The number of hydrogen-bond acceptors (Lipinski definition) is 2. The SMILES string of the molecule is CO.Fc1ccc(-c2[nH]c3c(F)cc(F)cc3c2C2CCC2)cc1.O=CN1CCCC1. The van der Waals surface area contributed by atoms with E-state index in [1.807, 2.05) is 0 Å². The summed E-state index contributed by atoms with van der Waals surface area (Å²) >= 11 is 0. The number of carbonyl (C=O) groups is 1. The summed E-state index contributed by atoms with van der Waals surface area (Å²) in [6, 6.07) is 8.35. The van der Waals surface area contributed by atoms with Crippen LogP contribution in [0.4, 0.5) is 13.2 Å². The summed E-state index contributed by atoms with van der Waals surface area (Å²) in [4.78, 5) is 14.8. The third-order valence-corrected chi connectivity index (χ3v) is 5.80. The maximum absolute atomic E-state index is 14.1. The molecule has 1 saturated heterocycles. The lowest BCUT2D eigenvalue weighted by molar-refractivity contribution is -0.117. The molecule has 7 heteroatoms. The van der Waals surface area contributed by atoms with Gasteiger partial charge in [0.25, 0.3) is 0 Å². The molecule has 1 aliphatic heterocycles. The molecule has 0 spiro atoms. The van der Waals surface area contributed by atoms with Crippen LogP contribution in [0.1, 0.15) is 43.6 Å². The lowest BCUT2D eigenvalue weighted by Gasteiger charge is -2.26. The first kappa shape index (κ1) is 22.9. The molecule has 1 amide bonds. The quantitative estimate of drug-likeness (QED) is 0.547. The molecule has 0 bridgehead atoms. The number of aliphatic hydroxyl groups is 1. The summed E-state index contributed by atoms with van der Waals surface area (Å²) in [5.41, 5.74) is 2.83. The monoisotopic (exact) mass is 432 g/mol. The Balaban J connectivity index is 0.000000256. The van der Waals surface area contributed by atoms with E-state index in [-0.39, 0.29) is 5.82 Å². The second-order valence-electron chi connectivity index (χ2n) is 7.71. The number of aliphatic hydroxyl groups excluding tert-OH is 1. The van der Waals surface area contributed by atoms with Crippen molar-refractivity contribution < 1.29 is 23.1 Å². The first-order valence-corrected chi connectivity index (χ1v) is 10.5. The van der Waals surface area contributed by atoms with Crippen molar-refractivity contribution in [3.05, 3.63) is 59.4 Å². The van der Waals surface area contributed by atoms with E-state index in [1.165, 1.54) is 31.0 Å². The van der Waals surface area contributed by atoms with Crippen molar-refractivity contribution in [2.24, 2.45) is 0 Å². The van der Waals surface area contributed by atoms with Crippen molar-refractivity contribution in [2.75, 3.05) is 20.2 Å². The minimum absolute atomic E-state index is 0.301. The second-order valence-corrected chi connectivity index (χ2v) is 7.71. The predicted molar refractivity (Wildman–Crippen MR) is 115 cm³/mol. The highest BCUT2D eigenvalue weighted by atomic mass is 19.1. The minimum atomic E-state index is -0.594. The Labute approximate surface area is 179 Å². The van der Waals surface area contributed by atoms with E-state index in [0.29, 0.717) is 16.8 Å². The van der Waals surface area contributed by atoms with Gasteiger partial charge in [-0.1, -0.05) is 6.42 Å². The van der Waals surface area contributed by atoms with E-state index >= 15 is 0 Å². The second kappa shape index (κ2) is 10.5. The summed E-state index contributed by atoms with van der Waals surface area (Å²) < 4.78 is 40.8. The van der Waals surface area contributed by atoms with E-state index in [4.69, 9.17) is 5.11 Å². The number of aromatic amines is 1. The van der Waals surface area contributed by atoms with Crippen LogP contribution in [-0.2, 0) is 4.79 Å². The molecular formula is C24H27F3N2O2. The summed E-state index contributed by atoms with van der Waals surface area (Å²) in [5.74, 6) is -1.18. The van der Waals surface area contributed by atoms with Crippen molar-refractivity contribution in [3.63, 3.8) is 0 Å². The third-order valence-electron chi connectivity index (χ3n) is 5.80. The Kier molecular flexibility index (Phi) is 7.74. The standard InChI is InChI=1S/C18H14F3N.C5H9NO.CH4O/c19-12-6-4-11(5-7-12)17-16(10-2-1-3-10)14-8-13(20)9-15(21)18(14)22-17;7-5-6-3-1-2-4-6;1-2/h4-10,22H,1-3H2;5H,1-4H2;2H,1H3. The fourth-order valence-electron chi connectivity index (χ4n) is 4.05.